The van der Waals surface area contributed by atoms with Crippen LogP contribution in [0.5, 0.6) is 0 Å². The first-order valence-corrected chi connectivity index (χ1v) is 8.03. The minimum absolute atomic E-state index is 0.0661. The van der Waals surface area contributed by atoms with Gasteiger partial charge < -0.3 is 14.4 Å². The van der Waals surface area contributed by atoms with Gasteiger partial charge in [-0.3, -0.25) is 14.5 Å². The van der Waals surface area contributed by atoms with E-state index < -0.39 is 0 Å². The second-order valence-corrected chi connectivity index (χ2v) is 5.98. The SMILES string of the molecule is O=C(CN1CCOCC1)OCC1CC(=O)N(c2ccccc2)C1. The van der Waals surface area contributed by atoms with Crippen molar-refractivity contribution in [3.63, 3.8) is 0 Å². The van der Waals surface area contributed by atoms with E-state index in [2.05, 4.69) is 0 Å². The summed E-state index contributed by atoms with van der Waals surface area (Å²) in [6.45, 7) is 4.06. The normalized spacial score (nSPS) is 22.3. The lowest BCUT2D eigenvalue weighted by atomic mass is 10.1. The summed E-state index contributed by atoms with van der Waals surface area (Å²) in [4.78, 5) is 27.8. The highest BCUT2D eigenvalue weighted by atomic mass is 16.5. The van der Waals surface area contributed by atoms with Crippen LogP contribution in [-0.4, -0.2) is 62.8 Å². The molecule has 1 aromatic rings. The zero-order valence-corrected chi connectivity index (χ0v) is 13.1. The standard InChI is InChI=1S/C17H22N2O4/c20-16-10-14(11-19(16)15-4-2-1-3-5-15)13-23-17(21)12-18-6-8-22-9-7-18/h1-5,14H,6-13H2. The Balaban J connectivity index is 1.44. The lowest BCUT2D eigenvalue weighted by Gasteiger charge is -2.25. The number of amides is 1. The third-order valence-electron chi connectivity index (χ3n) is 4.21. The molecule has 124 valence electrons. The monoisotopic (exact) mass is 318 g/mol. The molecule has 0 spiro atoms. The molecule has 2 aliphatic rings. The van der Waals surface area contributed by atoms with Gasteiger partial charge in [-0.25, -0.2) is 0 Å². The molecular weight excluding hydrogens is 296 g/mol. The molecule has 23 heavy (non-hydrogen) atoms. The Labute approximate surface area is 136 Å². The Bertz CT molecular complexity index is 543. The Morgan fingerprint density at radius 3 is 2.70 bits per heavy atom. The molecule has 1 amide bonds. The average Bonchev–Trinajstić information content (AvgIpc) is 2.96. The van der Waals surface area contributed by atoms with Crippen molar-refractivity contribution in [2.75, 3.05) is 50.9 Å². The summed E-state index contributed by atoms with van der Waals surface area (Å²) in [6, 6.07) is 9.60. The van der Waals surface area contributed by atoms with Crippen molar-refractivity contribution in [3.05, 3.63) is 30.3 Å². The highest BCUT2D eigenvalue weighted by molar-refractivity contribution is 5.95. The van der Waals surface area contributed by atoms with Gasteiger partial charge in [0.15, 0.2) is 0 Å². The van der Waals surface area contributed by atoms with Crippen molar-refractivity contribution >= 4 is 17.6 Å². The third kappa shape index (κ3) is 4.30. The molecule has 2 saturated heterocycles. The predicted octanol–water partition coefficient (Wildman–Crippen LogP) is 0.915. The van der Waals surface area contributed by atoms with Crippen LogP contribution in [0, 0.1) is 5.92 Å². The number of hydrogen-bond donors (Lipinski definition) is 0. The van der Waals surface area contributed by atoms with Crippen LogP contribution in [0.3, 0.4) is 0 Å². The molecule has 1 unspecified atom stereocenters. The molecule has 0 aromatic heterocycles. The fourth-order valence-electron chi connectivity index (χ4n) is 2.95. The van der Waals surface area contributed by atoms with Crippen molar-refractivity contribution in [1.29, 1.82) is 0 Å². The van der Waals surface area contributed by atoms with Crippen LogP contribution in [0.25, 0.3) is 0 Å². The molecule has 2 fully saturated rings. The molecule has 1 atom stereocenters. The molecule has 0 radical (unpaired) electrons. The van der Waals surface area contributed by atoms with Gasteiger partial charge in [0.1, 0.15) is 0 Å². The number of hydrogen-bond acceptors (Lipinski definition) is 5. The van der Waals surface area contributed by atoms with Crippen molar-refractivity contribution in [2.24, 2.45) is 5.92 Å². The molecular formula is C17H22N2O4. The predicted molar refractivity (Wildman–Crippen MR) is 85.1 cm³/mol. The molecule has 0 bridgehead atoms. The van der Waals surface area contributed by atoms with E-state index in [4.69, 9.17) is 9.47 Å². The summed E-state index contributed by atoms with van der Waals surface area (Å²) in [7, 11) is 0. The quantitative estimate of drug-likeness (QED) is 0.756. The van der Waals surface area contributed by atoms with Crippen molar-refractivity contribution < 1.29 is 19.1 Å². The van der Waals surface area contributed by atoms with E-state index >= 15 is 0 Å². The largest absolute Gasteiger partial charge is 0.464 e. The smallest absolute Gasteiger partial charge is 0.320 e. The number of rotatable bonds is 5. The fraction of sp³-hybridized carbons (Fsp3) is 0.529. The van der Waals surface area contributed by atoms with Gasteiger partial charge in [0, 0.05) is 37.7 Å². The molecule has 2 heterocycles. The Kier molecular flexibility index (Phi) is 5.25. The van der Waals surface area contributed by atoms with Crippen LogP contribution in [0.4, 0.5) is 5.69 Å². The van der Waals surface area contributed by atoms with Crippen LogP contribution >= 0.6 is 0 Å². The van der Waals surface area contributed by atoms with Gasteiger partial charge in [0.25, 0.3) is 0 Å². The summed E-state index contributed by atoms with van der Waals surface area (Å²) in [5.74, 6) is -0.0701. The molecule has 6 heteroatoms. The van der Waals surface area contributed by atoms with Gasteiger partial charge in [-0.05, 0) is 12.1 Å². The number of benzene rings is 1. The summed E-state index contributed by atoms with van der Waals surface area (Å²) >= 11 is 0. The van der Waals surface area contributed by atoms with Gasteiger partial charge in [-0.15, -0.1) is 0 Å². The van der Waals surface area contributed by atoms with Gasteiger partial charge in [-0.1, -0.05) is 18.2 Å². The molecule has 0 aliphatic carbocycles. The molecule has 2 aliphatic heterocycles. The maximum atomic E-state index is 12.1. The van der Waals surface area contributed by atoms with Crippen molar-refractivity contribution in [3.8, 4) is 0 Å². The van der Waals surface area contributed by atoms with Crippen LogP contribution in [0.2, 0.25) is 0 Å². The Hall–Kier alpha value is -1.92. The maximum absolute atomic E-state index is 12.1. The fourth-order valence-corrected chi connectivity index (χ4v) is 2.95. The van der Waals surface area contributed by atoms with Crippen LogP contribution in [-0.2, 0) is 19.1 Å². The Morgan fingerprint density at radius 2 is 1.96 bits per heavy atom. The van der Waals surface area contributed by atoms with Gasteiger partial charge in [-0.2, -0.15) is 0 Å². The summed E-state index contributed by atoms with van der Waals surface area (Å²) in [5, 5.41) is 0. The first-order chi connectivity index (χ1) is 11.2. The van der Waals surface area contributed by atoms with E-state index in [1.54, 1.807) is 4.90 Å². The molecule has 0 saturated carbocycles. The number of para-hydroxylation sites is 1. The summed E-state index contributed by atoms with van der Waals surface area (Å²) in [6.07, 6.45) is 0.430. The van der Waals surface area contributed by atoms with E-state index in [0.29, 0.717) is 39.3 Å². The van der Waals surface area contributed by atoms with Crippen LogP contribution in [0.15, 0.2) is 30.3 Å². The first-order valence-electron chi connectivity index (χ1n) is 8.03. The molecule has 3 rings (SSSR count). The zero-order chi connectivity index (χ0) is 16.1. The summed E-state index contributed by atoms with van der Waals surface area (Å²) in [5.41, 5.74) is 0.902. The first kappa shape index (κ1) is 16.0. The van der Waals surface area contributed by atoms with E-state index in [1.807, 2.05) is 35.2 Å². The molecule has 6 nitrogen and oxygen atoms in total. The number of morpholine rings is 1. The Morgan fingerprint density at radius 1 is 1.22 bits per heavy atom. The number of carbonyl (C=O) groups is 2. The van der Waals surface area contributed by atoms with Gasteiger partial charge in [0.05, 0.1) is 26.4 Å². The summed E-state index contributed by atoms with van der Waals surface area (Å²) < 4.78 is 10.6. The lowest BCUT2D eigenvalue weighted by Crippen LogP contribution is -2.40. The molecule has 1 aromatic carbocycles. The van der Waals surface area contributed by atoms with E-state index in [9.17, 15) is 9.59 Å². The minimum atomic E-state index is -0.225. The second-order valence-electron chi connectivity index (χ2n) is 5.98. The lowest BCUT2D eigenvalue weighted by molar-refractivity contribution is -0.147. The van der Waals surface area contributed by atoms with Crippen LogP contribution < -0.4 is 4.90 Å². The number of anilines is 1. The number of ether oxygens (including phenoxy) is 2. The maximum Gasteiger partial charge on any atom is 0.320 e. The molecule has 0 N–H and O–H groups in total. The third-order valence-corrected chi connectivity index (χ3v) is 4.21. The zero-order valence-electron chi connectivity index (χ0n) is 13.1. The average molecular weight is 318 g/mol. The van der Waals surface area contributed by atoms with Crippen molar-refractivity contribution in [1.82, 2.24) is 4.90 Å². The number of nitrogens with zero attached hydrogens (tertiary/aromatic N) is 2. The van der Waals surface area contributed by atoms with Gasteiger partial charge in [0.2, 0.25) is 5.91 Å². The number of carbonyl (C=O) groups excluding carboxylic acids is 2. The minimum Gasteiger partial charge on any atom is -0.464 e. The number of esters is 1. The van der Waals surface area contributed by atoms with Crippen molar-refractivity contribution in [2.45, 2.75) is 6.42 Å². The van der Waals surface area contributed by atoms with Crippen LogP contribution in [0.1, 0.15) is 6.42 Å². The highest BCUT2D eigenvalue weighted by Crippen LogP contribution is 2.24. The van der Waals surface area contributed by atoms with E-state index in [-0.39, 0.29) is 17.8 Å². The van der Waals surface area contributed by atoms with Gasteiger partial charge >= 0.3 is 5.97 Å². The van der Waals surface area contributed by atoms with E-state index in [1.165, 1.54) is 0 Å². The van der Waals surface area contributed by atoms with E-state index in [0.717, 1.165) is 18.8 Å². The second kappa shape index (κ2) is 7.57. The highest BCUT2D eigenvalue weighted by Gasteiger charge is 2.31. The topological polar surface area (TPSA) is 59.1 Å².